The molecule has 3 aromatic rings. The normalized spacial score (nSPS) is 11.3. The molecule has 4 nitrogen and oxygen atoms in total. The summed E-state index contributed by atoms with van der Waals surface area (Å²) >= 11 is 0. The highest BCUT2D eigenvalue weighted by Gasteiger charge is 2.15. The van der Waals surface area contributed by atoms with Crippen LogP contribution in [0.25, 0.3) is 16.6 Å². The zero-order chi connectivity index (χ0) is 15.9. The first kappa shape index (κ1) is 14.3. The van der Waals surface area contributed by atoms with E-state index in [1.54, 1.807) is 22.8 Å². The molecule has 0 aliphatic rings. The van der Waals surface area contributed by atoms with Crippen LogP contribution in [-0.4, -0.2) is 9.55 Å². The van der Waals surface area contributed by atoms with E-state index in [1.165, 1.54) is 0 Å². The third-order valence-electron chi connectivity index (χ3n) is 3.73. The third kappa shape index (κ3) is 2.37. The number of nitrogens with two attached hydrogens (primary N) is 1. The number of benzene rings is 2. The Balaban J connectivity index is 2.39. The molecule has 0 amide bonds. The Morgan fingerprint density at radius 2 is 1.77 bits per heavy atom. The van der Waals surface area contributed by atoms with Crippen LogP contribution >= 0.6 is 0 Å². The molecule has 0 spiro atoms. The molecule has 0 aliphatic heterocycles. The summed E-state index contributed by atoms with van der Waals surface area (Å²) in [4.78, 5) is 17.6. The number of aromatic nitrogens is 2. The Morgan fingerprint density at radius 3 is 2.41 bits per heavy atom. The van der Waals surface area contributed by atoms with E-state index in [0.717, 1.165) is 17.1 Å². The summed E-state index contributed by atoms with van der Waals surface area (Å²) in [7, 11) is 0. The van der Waals surface area contributed by atoms with Gasteiger partial charge in [0.15, 0.2) is 0 Å². The second-order valence-corrected chi connectivity index (χ2v) is 5.88. The maximum Gasteiger partial charge on any atom is 0.265 e. The minimum Gasteiger partial charge on any atom is -0.399 e. The second kappa shape index (κ2) is 5.30. The van der Waals surface area contributed by atoms with Crippen molar-refractivity contribution in [2.24, 2.45) is 0 Å². The van der Waals surface area contributed by atoms with E-state index in [2.05, 4.69) is 4.98 Å². The van der Waals surface area contributed by atoms with Gasteiger partial charge in [0.2, 0.25) is 0 Å². The smallest absolute Gasteiger partial charge is 0.265 e. The van der Waals surface area contributed by atoms with Crippen molar-refractivity contribution in [3.63, 3.8) is 0 Å². The second-order valence-electron chi connectivity index (χ2n) is 5.88. The third-order valence-corrected chi connectivity index (χ3v) is 3.73. The molecule has 0 aliphatic carbocycles. The minimum atomic E-state index is -0.0578. The topological polar surface area (TPSA) is 60.9 Å². The first-order chi connectivity index (χ1) is 10.5. The average Bonchev–Trinajstić information content (AvgIpc) is 2.48. The molecule has 2 N–H and O–H groups in total. The molecule has 4 heteroatoms. The fourth-order valence-corrected chi connectivity index (χ4v) is 2.55. The quantitative estimate of drug-likeness (QED) is 0.737. The average molecular weight is 293 g/mol. The SMILES string of the molecule is Cc1ccc(-n2c(C(C)C)nc3cc(N)ccc3c2=O)cc1. The molecule has 22 heavy (non-hydrogen) atoms. The number of anilines is 1. The molecule has 0 unspecified atom stereocenters. The summed E-state index contributed by atoms with van der Waals surface area (Å²) < 4.78 is 1.70. The van der Waals surface area contributed by atoms with Gasteiger partial charge in [0.1, 0.15) is 5.82 Å². The summed E-state index contributed by atoms with van der Waals surface area (Å²) in [5.74, 6) is 0.867. The summed E-state index contributed by atoms with van der Waals surface area (Å²) in [6.45, 7) is 6.09. The van der Waals surface area contributed by atoms with Crippen molar-refractivity contribution in [3.05, 3.63) is 64.2 Å². The number of nitrogen functional groups attached to an aromatic ring is 1. The number of fused-ring (bicyclic) bond motifs is 1. The van der Waals surface area contributed by atoms with Crippen molar-refractivity contribution in [2.45, 2.75) is 26.7 Å². The van der Waals surface area contributed by atoms with E-state index in [-0.39, 0.29) is 11.5 Å². The Kier molecular flexibility index (Phi) is 3.45. The Morgan fingerprint density at radius 1 is 1.09 bits per heavy atom. The lowest BCUT2D eigenvalue weighted by Crippen LogP contribution is -2.24. The maximum absolute atomic E-state index is 12.9. The lowest BCUT2D eigenvalue weighted by molar-refractivity contribution is 0.723. The standard InChI is InChI=1S/C18H19N3O/c1-11(2)17-20-16-10-13(19)6-9-15(16)18(22)21(17)14-7-4-12(3)5-8-14/h4-11H,19H2,1-3H3. The van der Waals surface area contributed by atoms with Crippen LogP contribution in [0.5, 0.6) is 0 Å². The zero-order valence-corrected chi connectivity index (χ0v) is 13.0. The minimum absolute atomic E-state index is 0.0578. The molecule has 0 fully saturated rings. The van der Waals surface area contributed by atoms with Gasteiger partial charge in [-0.15, -0.1) is 0 Å². The van der Waals surface area contributed by atoms with Gasteiger partial charge in [-0.2, -0.15) is 0 Å². The molecule has 0 saturated heterocycles. The van der Waals surface area contributed by atoms with Gasteiger partial charge in [0.25, 0.3) is 5.56 Å². The van der Waals surface area contributed by atoms with Crippen LogP contribution in [-0.2, 0) is 0 Å². The summed E-state index contributed by atoms with van der Waals surface area (Å²) in [5.41, 5.74) is 9.02. The largest absolute Gasteiger partial charge is 0.399 e. The van der Waals surface area contributed by atoms with Crippen molar-refractivity contribution < 1.29 is 0 Å². The first-order valence-electron chi connectivity index (χ1n) is 7.36. The molecule has 0 saturated carbocycles. The number of aryl methyl sites for hydroxylation is 1. The Hall–Kier alpha value is -2.62. The van der Waals surface area contributed by atoms with E-state index < -0.39 is 0 Å². The Bertz CT molecular complexity index is 893. The van der Waals surface area contributed by atoms with Crippen molar-refractivity contribution in [1.29, 1.82) is 0 Å². The molecular formula is C18H19N3O. The van der Waals surface area contributed by atoms with Crippen LogP contribution < -0.4 is 11.3 Å². The highest BCUT2D eigenvalue weighted by atomic mass is 16.1. The lowest BCUT2D eigenvalue weighted by atomic mass is 10.1. The Labute approximate surface area is 129 Å². The molecule has 0 radical (unpaired) electrons. The van der Waals surface area contributed by atoms with Crippen molar-refractivity contribution in [1.82, 2.24) is 9.55 Å². The van der Waals surface area contributed by atoms with Gasteiger partial charge in [-0.25, -0.2) is 4.98 Å². The van der Waals surface area contributed by atoms with E-state index in [1.807, 2.05) is 45.0 Å². The van der Waals surface area contributed by atoms with Gasteiger partial charge in [-0.1, -0.05) is 31.5 Å². The fraction of sp³-hybridized carbons (Fsp3) is 0.222. The summed E-state index contributed by atoms with van der Waals surface area (Å²) in [6.07, 6.45) is 0. The predicted molar refractivity (Wildman–Crippen MR) is 90.6 cm³/mol. The van der Waals surface area contributed by atoms with Crippen LogP contribution in [0.2, 0.25) is 0 Å². The van der Waals surface area contributed by atoms with Gasteiger partial charge in [0.05, 0.1) is 16.6 Å². The molecule has 112 valence electrons. The highest BCUT2D eigenvalue weighted by Crippen LogP contribution is 2.20. The summed E-state index contributed by atoms with van der Waals surface area (Å²) in [5, 5.41) is 0.583. The molecule has 1 heterocycles. The maximum atomic E-state index is 12.9. The van der Waals surface area contributed by atoms with Gasteiger partial charge < -0.3 is 5.73 Å². The van der Waals surface area contributed by atoms with Gasteiger partial charge in [-0.05, 0) is 37.3 Å². The zero-order valence-electron chi connectivity index (χ0n) is 13.0. The van der Waals surface area contributed by atoms with E-state index in [9.17, 15) is 4.79 Å². The molecule has 3 rings (SSSR count). The number of nitrogens with zero attached hydrogens (tertiary/aromatic N) is 2. The molecule has 0 bridgehead atoms. The van der Waals surface area contributed by atoms with Crippen LogP contribution in [0.15, 0.2) is 47.3 Å². The molecule has 2 aromatic carbocycles. The molecular weight excluding hydrogens is 274 g/mol. The van der Waals surface area contributed by atoms with Crippen LogP contribution in [0, 0.1) is 6.92 Å². The van der Waals surface area contributed by atoms with E-state index in [4.69, 9.17) is 5.73 Å². The lowest BCUT2D eigenvalue weighted by Gasteiger charge is -2.16. The monoisotopic (exact) mass is 293 g/mol. The van der Waals surface area contributed by atoms with Gasteiger partial charge in [0, 0.05) is 11.6 Å². The predicted octanol–water partition coefficient (Wildman–Crippen LogP) is 3.40. The van der Waals surface area contributed by atoms with Crippen molar-refractivity contribution in [3.8, 4) is 5.69 Å². The van der Waals surface area contributed by atoms with Crippen LogP contribution in [0.4, 0.5) is 5.69 Å². The van der Waals surface area contributed by atoms with Crippen LogP contribution in [0.3, 0.4) is 0 Å². The number of hydrogen-bond donors (Lipinski definition) is 1. The van der Waals surface area contributed by atoms with Gasteiger partial charge in [-0.3, -0.25) is 9.36 Å². The fourth-order valence-electron chi connectivity index (χ4n) is 2.55. The number of hydrogen-bond acceptors (Lipinski definition) is 3. The van der Waals surface area contributed by atoms with Crippen LogP contribution in [0.1, 0.15) is 31.2 Å². The van der Waals surface area contributed by atoms with E-state index >= 15 is 0 Å². The molecule has 0 atom stereocenters. The van der Waals surface area contributed by atoms with Crippen molar-refractivity contribution in [2.75, 3.05) is 5.73 Å². The first-order valence-corrected chi connectivity index (χ1v) is 7.36. The highest BCUT2D eigenvalue weighted by molar-refractivity contribution is 5.81. The number of rotatable bonds is 2. The van der Waals surface area contributed by atoms with Gasteiger partial charge >= 0.3 is 0 Å². The van der Waals surface area contributed by atoms with Crippen molar-refractivity contribution >= 4 is 16.6 Å². The summed E-state index contributed by atoms with van der Waals surface area (Å²) in [6, 6.07) is 13.1. The molecule has 1 aromatic heterocycles. The van der Waals surface area contributed by atoms with E-state index in [0.29, 0.717) is 16.6 Å².